The van der Waals surface area contributed by atoms with E-state index in [2.05, 4.69) is 10.6 Å². The van der Waals surface area contributed by atoms with Crippen LogP contribution < -0.4 is 24.8 Å². The minimum absolute atomic E-state index is 0.189. The summed E-state index contributed by atoms with van der Waals surface area (Å²) >= 11 is 0. The predicted molar refractivity (Wildman–Crippen MR) is 96.9 cm³/mol. The summed E-state index contributed by atoms with van der Waals surface area (Å²) in [7, 11) is 0. The third kappa shape index (κ3) is 4.66. The molecule has 26 heavy (non-hydrogen) atoms. The average molecular weight is 356 g/mol. The van der Waals surface area contributed by atoms with Gasteiger partial charge >= 0.3 is 0 Å². The second-order valence-electron chi connectivity index (χ2n) is 5.73. The minimum Gasteiger partial charge on any atom is -0.490 e. The van der Waals surface area contributed by atoms with Crippen molar-refractivity contribution in [3.8, 4) is 17.2 Å². The van der Waals surface area contributed by atoms with Gasteiger partial charge in [0.25, 0.3) is 5.91 Å². The monoisotopic (exact) mass is 356 g/mol. The zero-order chi connectivity index (χ0) is 18.4. The number of amides is 2. The molecule has 0 spiro atoms. The lowest BCUT2D eigenvalue weighted by atomic mass is 10.2. The van der Waals surface area contributed by atoms with Crippen LogP contribution >= 0.6 is 0 Å². The number of hydrogen-bond acceptors (Lipinski definition) is 5. The van der Waals surface area contributed by atoms with Crippen molar-refractivity contribution < 1.29 is 23.8 Å². The highest BCUT2D eigenvalue weighted by Gasteiger charge is 2.13. The van der Waals surface area contributed by atoms with Gasteiger partial charge in [-0.05, 0) is 24.3 Å². The van der Waals surface area contributed by atoms with Crippen molar-refractivity contribution in [1.29, 1.82) is 0 Å². The molecule has 0 bridgehead atoms. The smallest absolute Gasteiger partial charge is 0.262 e. The van der Waals surface area contributed by atoms with E-state index in [-0.39, 0.29) is 18.4 Å². The van der Waals surface area contributed by atoms with E-state index in [0.29, 0.717) is 41.8 Å². The minimum atomic E-state index is -0.322. The van der Waals surface area contributed by atoms with Crippen molar-refractivity contribution in [2.75, 3.05) is 30.5 Å². The van der Waals surface area contributed by atoms with Crippen LogP contribution in [0, 0.1) is 0 Å². The number of fused-ring (bicyclic) bond motifs is 1. The van der Waals surface area contributed by atoms with E-state index in [9.17, 15) is 9.59 Å². The Morgan fingerprint density at radius 2 is 1.81 bits per heavy atom. The molecule has 0 aliphatic carbocycles. The molecule has 7 nitrogen and oxygen atoms in total. The molecule has 0 aromatic heterocycles. The molecule has 2 aromatic rings. The molecule has 1 aliphatic heterocycles. The van der Waals surface area contributed by atoms with Gasteiger partial charge < -0.3 is 24.8 Å². The number of para-hydroxylation sites is 2. The number of carbonyl (C=O) groups is 2. The van der Waals surface area contributed by atoms with Crippen molar-refractivity contribution in [1.82, 2.24) is 0 Å². The van der Waals surface area contributed by atoms with E-state index >= 15 is 0 Å². The third-order valence-corrected chi connectivity index (χ3v) is 3.59. The van der Waals surface area contributed by atoms with Crippen LogP contribution in [0.3, 0.4) is 0 Å². The number of ether oxygens (including phenoxy) is 3. The number of nitrogens with one attached hydrogen (secondary N) is 2. The molecule has 2 aromatic carbocycles. The van der Waals surface area contributed by atoms with Crippen molar-refractivity contribution in [3.63, 3.8) is 0 Å². The van der Waals surface area contributed by atoms with Crippen LogP contribution in [0.2, 0.25) is 0 Å². The van der Waals surface area contributed by atoms with Crippen LogP contribution in [0.5, 0.6) is 17.2 Å². The molecule has 0 fully saturated rings. The molecular weight excluding hydrogens is 336 g/mol. The van der Waals surface area contributed by atoms with Gasteiger partial charge in [0.2, 0.25) is 5.91 Å². The fourth-order valence-corrected chi connectivity index (χ4v) is 2.47. The highest BCUT2D eigenvalue weighted by atomic mass is 16.5. The highest BCUT2D eigenvalue weighted by Crippen LogP contribution is 2.32. The van der Waals surface area contributed by atoms with Gasteiger partial charge in [-0.15, -0.1) is 0 Å². The van der Waals surface area contributed by atoms with Crippen LogP contribution in [0.15, 0.2) is 42.5 Å². The second kappa shape index (κ2) is 8.24. The molecule has 2 amide bonds. The molecule has 2 N–H and O–H groups in total. The van der Waals surface area contributed by atoms with E-state index < -0.39 is 0 Å². The molecule has 1 heterocycles. The van der Waals surface area contributed by atoms with Crippen molar-refractivity contribution in [2.45, 2.75) is 13.3 Å². The van der Waals surface area contributed by atoms with E-state index in [1.807, 2.05) is 0 Å². The lowest BCUT2D eigenvalue weighted by molar-refractivity contribution is -0.118. The number of anilines is 2. The summed E-state index contributed by atoms with van der Waals surface area (Å²) in [6.45, 7) is 2.41. The second-order valence-corrected chi connectivity index (χ2v) is 5.73. The summed E-state index contributed by atoms with van der Waals surface area (Å²) in [6, 6.07) is 12.2. The molecule has 3 rings (SSSR count). The Kier molecular flexibility index (Phi) is 5.58. The number of rotatable bonds is 5. The summed E-state index contributed by atoms with van der Waals surface area (Å²) in [5, 5.41) is 5.42. The number of hydrogen-bond donors (Lipinski definition) is 2. The predicted octanol–water partition coefficient (Wildman–Crippen LogP) is 2.82. The molecule has 136 valence electrons. The molecule has 0 saturated heterocycles. The molecule has 0 radical (unpaired) electrons. The van der Waals surface area contributed by atoms with Crippen LogP contribution in [0.4, 0.5) is 11.4 Å². The van der Waals surface area contributed by atoms with Crippen LogP contribution in [-0.2, 0) is 9.59 Å². The first-order chi connectivity index (χ1) is 12.6. The number of carbonyl (C=O) groups excluding carboxylic acids is 2. The molecule has 1 aliphatic rings. The fourth-order valence-electron chi connectivity index (χ4n) is 2.47. The lowest BCUT2D eigenvalue weighted by Crippen LogP contribution is -2.20. The largest absolute Gasteiger partial charge is 0.490 e. The molecule has 0 unspecified atom stereocenters. The van der Waals surface area contributed by atoms with Gasteiger partial charge in [0, 0.05) is 25.1 Å². The highest BCUT2D eigenvalue weighted by molar-refractivity contribution is 5.93. The SMILES string of the molecule is CC(=O)Nc1ccccc1OCC(=O)Nc1ccc2c(c1)OCCCO2. The van der Waals surface area contributed by atoms with E-state index in [4.69, 9.17) is 14.2 Å². The lowest BCUT2D eigenvalue weighted by Gasteiger charge is -2.13. The Morgan fingerprint density at radius 3 is 2.62 bits per heavy atom. The van der Waals surface area contributed by atoms with E-state index in [0.717, 1.165) is 6.42 Å². The normalized spacial score (nSPS) is 12.7. The van der Waals surface area contributed by atoms with Crippen LogP contribution in [0.25, 0.3) is 0 Å². The molecule has 7 heteroatoms. The first kappa shape index (κ1) is 17.6. The maximum atomic E-state index is 12.2. The van der Waals surface area contributed by atoms with Gasteiger partial charge in [0.1, 0.15) is 5.75 Å². The third-order valence-electron chi connectivity index (χ3n) is 3.59. The Labute approximate surface area is 151 Å². The molecule has 0 saturated carbocycles. The average Bonchev–Trinajstić information content (AvgIpc) is 2.85. The zero-order valence-corrected chi connectivity index (χ0v) is 14.4. The van der Waals surface area contributed by atoms with Gasteiger partial charge in [0.05, 0.1) is 18.9 Å². The summed E-state index contributed by atoms with van der Waals surface area (Å²) in [6.07, 6.45) is 0.817. The van der Waals surface area contributed by atoms with Crippen molar-refractivity contribution in [2.24, 2.45) is 0 Å². The van der Waals surface area contributed by atoms with Crippen molar-refractivity contribution in [3.05, 3.63) is 42.5 Å². The van der Waals surface area contributed by atoms with Crippen molar-refractivity contribution >= 4 is 23.2 Å². The fraction of sp³-hybridized carbons (Fsp3) is 0.263. The van der Waals surface area contributed by atoms with Crippen LogP contribution in [-0.4, -0.2) is 31.6 Å². The Morgan fingerprint density at radius 1 is 1.04 bits per heavy atom. The zero-order valence-electron chi connectivity index (χ0n) is 14.4. The maximum absolute atomic E-state index is 12.2. The molecule has 0 atom stereocenters. The number of benzene rings is 2. The van der Waals surface area contributed by atoms with Gasteiger partial charge in [-0.2, -0.15) is 0 Å². The van der Waals surface area contributed by atoms with Crippen LogP contribution in [0.1, 0.15) is 13.3 Å². The quantitative estimate of drug-likeness (QED) is 0.860. The first-order valence-electron chi connectivity index (χ1n) is 8.31. The topological polar surface area (TPSA) is 85.9 Å². The first-order valence-corrected chi connectivity index (χ1v) is 8.31. The summed E-state index contributed by atoms with van der Waals surface area (Å²) < 4.78 is 16.7. The Bertz CT molecular complexity index is 806. The van der Waals surface area contributed by atoms with Gasteiger partial charge in [0.15, 0.2) is 18.1 Å². The van der Waals surface area contributed by atoms with Gasteiger partial charge in [-0.25, -0.2) is 0 Å². The summed E-state index contributed by atoms with van der Waals surface area (Å²) in [5.41, 5.74) is 1.11. The Balaban J connectivity index is 1.60. The van der Waals surface area contributed by atoms with Gasteiger partial charge in [-0.1, -0.05) is 12.1 Å². The standard InChI is InChI=1S/C19H20N2O5/c1-13(22)20-15-5-2-3-6-16(15)26-12-19(23)21-14-7-8-17-18(11-14)25-10-4-9-24-17/h2-3,5-8,11H,4,9-10,12H2,1H3,(H,20,22)(H,21,23). The van der Waals surface area contributed by atoms with Gasteiger partial charge in [-0.3, -0.25) is 9.59 Å². The van der Waals surface area contributed by atoms with E-state index in [1.165, 1.54) is 6.92 Å². The Hall–Kier alpha value is -3.22. The summed E-state index contributed by atoms with van der Waals surface area (Å²) in [4.78, 5) is 23.4. The molecular formula is C19H20N2O5. The summed E-state index contributed by atoms with van der Waals surface area (Å²) in [5.74, 6) is 1.17. The maximum Gasteiger partial charge on any atom is 0.262 e. The van der Waals surface area contributed by atoms with E-state index in [1.54, 1.807) is 42.5 Å².